The number of anilines is 2. The quantitative estimate of drug-likeness (QED) is 0.866. The van der Waals surface area contributed by atoms with E-state index in [1.54, 1.807) is 17.0 Å². The first-order valence-electron chi connectivity index (χ1n) is 6.38. The highest BCUT2D eigenvalue weighted by Crippen LogP contribution is 2.30. The maximum atomic E-state index is 13.4. The summed E-state index contributed by atoms with van der Waals surface area (Å²) >= 11 is 0. The number of amides is 1. The van der Waals surface area contributed by atoms with Gasteiger partial charge in [-0.25, -0.2) is 4.39 Å². The molecule has 0 bridgehead atoms. The van der Waals surface area contributed by atoms with Crippen LogP contribution < -0.4 is 10.6 Å². The normalized spacial score (nSPS) is 13.4. The number of aromatic nitrogens is 1. The third-order valence-electron chi connectivity index (χ3n) is 3.49. The Morgan fingerprint density at radius 2 is 2.20 bits per heavy atom. The van der Waals surface area contributed by atoms with Gasteiger partial charge in [0, 0.05) is 24.1 Å². The van der Waals surface area contributed by atoms with Crippen molar-refractivity contribution >= 4 is 17.3 Å². The number of carbonyl (C=O) groups excluding carboxylic acids is 1. The maximum absolute atomic E-state index is 13.4. The van der Waals surface area contributed by atoms with Gasteiger partial charge in [0.25, 0.3) is 5.91 Å². The van der Waals surface area contributed by atoms with Gasteiger partial charge in [0.05, 0.1) is 11.3 Å². The first kappa shape index (κ1) is 12.6. The lowest BCUT2D eigenvalue weighted by Crippen LogP contribution is -2.29. The Bertz CT molecular complexity index is 700. The van der Waals surface area contributed by atoms with E-state index in [1.807, 2.05) is 6.92 Å². The van der Waals surface area contributed by atoms with Crippen molar-refractivity contribution in [1.29, 1.82) is 0 Å². The zero-order valence-electron chi connectivity index (χ0n) is 11.1. The molecule has 0 atom stereocenters. The molecule has 4 nitrogen and oxygen atoms in total. The highest BCUT2D eigenvalue weighted by Gasteiger charge is 2.27. The topological polar surface area (TPSA) is 59.2 Å². The van der Waals surface area contributed by atoms with Crippen LogP contribution in [0.15, 0.2) is 30.5 Å². The van der Waals surface area contributed by atoms with E-state index in [1.165, 1.54) is 18.3 Å². The van der Waals surface area contributed by atoms with E-state index in [-0.39, 0.29) is 11.7 Å². The van der Waals surface area contributed by atoms with Crippen LogP contribution in [-0.2, 0) is 6.42 Å². The maximum Gasteiger partial charge on any atom is 0.261 e. The molecule has 2 heterocycles. The minimum absolute atomic E-state index is 0.237. The Kier molecular flexibility index (Phi) is 2.89. The molecule has 2 aromatic rings. The largest absolute Gasteiger partial charge is 0.398 e. The van der Waals surface area contributed by atoms with Crippen molar-refractivity contribution in [3.05, 3.63) is 53.1 Å². The van der Waals surface area contributed by atoms with Gasteiger partial charge in [0.2, 0.25) is 0 Å². The molecule has 3 rings (SSSR count). The van der Waals surface area contributed by atoms with E-state index >= 15 is 0 Å². The Labute approximate surface area is 116 Å². The lowest BCUT2D eigenvalue weighted by Gasteiger charge is -2.18. The summed E-state index contributed by atoms with van der Waals surface area (Å²) in [6.07, 6.45) is 2.20. The van der Waals surface area contributed by atoms with Crippen LogP contribution in [0.2, 0.25) is 0 Å². The van der Waals surface area contributed by atoms with Crippen molar-refractivity contribution < 1.29 is 9.18 Å². The molecule has 2 N–H and O–H groups in total. The summed E-state index contributed by atoms with van der Waals surface area (Å²) in [5.74, 6) is -0.585. The van der Waals surface area contributed by atoms with E-state index in [0.717, 1.165) is 17.7 Å². The number of pyridine rings is 1. The number of fused-ring (bicyclic) bond motifs is 1. The van der Waals surface area contributed by atoms with Crippen LogP contribution in [0.5, 0.6) is 0 Å². The van der Waals surface area contributed by atoms with Gasteiger partial charge < -0.3 is 10.6 Å². The predicted molar refractivity (Wildman–Crippen MR) is 75.2 cm³/mol. The summed E-state index contributed by atoms with van der Waals surface area (Å²) in [4.78, 5) is 18.2. The first-order valence-corrected chi connectivity index (χ1v) is 6.38. The van der Waals surface area contributed by atoms with Crippen LogP contribution in [0.3, 0.4) is 0 Å². The average molecular weight is 271 g/mol. The van der Waals surface area contributed by atoms with Crippen LogP contribution in [0.25, 0.3) is 0 Å². The van der Waals surface area contributed by atoms with E-state index in [4.69, 9.17) is 5.73 Å². The molecule has 0 radical (unpaired) electrons. The molecule has 0 fully saturated rings. The van der Waals surface area contributed by atoms with Gasteiger partial charge in [-0.1, -0.05) is 6.07 Å². The summed E-state index contributed by atoms with van der Waals surface area (Å²) in [7, 11) is 0. The molecule has 1 aliphatic rings. The van der Waals surface area contributed by atoms with Gasteiger partial charge in [-0.05, 0) is 37.1 Å². The van der Waals surface area contributed by atoms with Gasteiger partial charge in [-0.15, -0.1) is 0 Å². The number of rotatable bonds is 1. The lowest BCUT2D eigenvalue weighted by atomic mass is 10.1. The molecule has 1 amide bonds. The molecule has 20 heavy (non-hydrogen) atoms. The van der Waals surface area contributed by atoms with Gasteiger partial charge in [-0.2, -0.15) is 0 Å². The van der Waals surface area contributed by atoms with Crippen molar-refractivity contribution in [2.45, 2.75) is 13.3 Å². The molecular weight excluding hydrogens is 257 g/mol. The van der Waals surface area contributed by atoms with Crippen molar-refractivity contribution in [3.63, 3.8) is 0 Å². The minimum atomic E-state index is -0.349. The molecule has 1 aromatic carbocycles. The number of hydrogen-bond donors (Lipinski definition) is 1. The number of nitrogen functional groups attached to an aromatic ring is 1. The molecule has 0 saturated carbocycles. The van der Waals surface area contributed by atoms with Crippen molar-refractivity contribution in [1.82, 2.24) is 4.98 Å². The molecular formula is C15H14FN3O. The van der Waals surface area contributed by atoms with Gasteiger partial charge in [0.15, 0.2) is 0 Å². The van der Waals surface area contributed by atoms with Crippen molar-refractivity contribution in [2.75, 3.05) is 17.2 Å². The highest BCUT2D eigenvalue weighted by atomic mass is 19.1. The molecule has 1 aliphatic heterocycles. The SMILES string of the molecule is Cc1cc(N)c(C(=O)N2CCc3ccc(F)cc32)cn1. The number of benzene rings is 1. The van der Waals surface area contributed by atoms with E-state index in [2.05, 4.69) is 4.98 Å². The highest BCUT2D eigenvalue weighted by molar-refractivity contribution is 6.10. The number of nitrogens with zero attached hydrogens (tertiary/aromatic N) is 2. The molecule has 0 spiro atoms. The Hall–Kier alpha value is -2.43. The van der Waals surface area contributed by atoms with E-state index in [0.29, 0.717) is 23.5 Å². The van der Waals surface area contributed by atoms with Crippen LogP contribution in [0, 0.1) is 12.7 Å². The smallest absolute Gasteiger partial charge is 0.261 e. The van der Waals surface area contributed by atoms with Crippen LogP contribution >= 0.6 is 0 Å². The van der Waals surface area contributed by atoms with Gasteiger partial charge >= 0.3 is 0 Å². The number of nitrogens with two attached hydrogens (primary N) is 1. The third-order valence-corrected chi connectivity index (χ3v) is 3.49. The fraction of sp³-hybridized carbons (Fsp3) is 0.200. The van der Waals surface area contributed by atoms with Crippen molar-refractivity contribution in [2.24, 2.45) is 0 Å². The van der Waals surface area contributed by atoms with Crippen molar-refractivity contribution in [3.8, 4) is 0 Å². The summed E-state index contributed by atoms with van der Waals surface area (Å²) in [5, 5.41) is 0. The molecule has 1 aromatic heterocycles. The Morgan fingerprint density at radius 1 is 1.40 bits per heavy atom. The standard InChI is InChI=1S/C15H14FN3O/c1-9-6-13(17)12(8-18-9)15(20)19-5-4-10-2-3-11(16)7-14(10)19/h2-3,6-8H,4-5H2,1H3,(H2,17,18). The molecule has 0 aliphatic carbocycles. The van der Waals surface area contributed by atoms with E-state index in [9.17, 15) is 9.18 Å². The second kappa shape index (κ2) is 4.59. The van der Waals surface area contributed by atoms with Crippen LogP contribution in [0.1, 0.15) is 21.6 Å². The molecule has 0 unspecified atom stereocenters. The minimum Gasteiger partial charge on any atom is -0.398 e. The van der Waals surface area contributed by atoms with E-state index < -0.39 is 0 Å². The average Bonchev–Trinajstić information content (AvgIpc) is 2.81. The van der Waals surface area contributed by atoms with Crippen LogP contribution in [-0.4, -0.2) is 17.4 Å². The number of aryl methyl sites for hydroxylation is 1. The van der Waals surface area contributed by atoms with Crippen LogP contribution in [0.4, 0.5) is 15.8 Å². The second-order valence-corrected chi connectivity index (χ2v) is 4.89. The fourth-order valence-corrected chi connectivity index (χ4v) is 2.47. The lowest BCUT2D eigenvalue weighted by molar-refractivity contribution is 0.0990. The van der Waals surface area contributed by atoms with Gasteiger partial charge in [-0.3, -0.25) is 9.78 Å². The molecule has 5 heteroatoms. The third kappa shape index (κ3) is 2.01. The predicted octanol–water partition coefficient (Wildman–Crippen LogP) is 2.31. The molecule has 0 saturated heterocycles. The number of hydrogen-bond acceptors (Lipinski definition) is 3. The summed E-state index contributed by atoms with van der Waals surface area (Å²) in [6.45, 7) is 2.34. The summed E-state index contributed by atoms with van der Waals surface area (Å²) in [5.41, 5.74) is 8.98. The monoisotopic (exact) mass is 271 g/mol. The van der Waals surface area contributed by atoms with Gasteiger partial charge in [0.1, 0.15) is 5.82 Å². The Morgan fingerprint density at radius 3 is 2.95 bits per heavy atom. The second-order valence-electron chi connectivity index (χ2n) is 4.89. The zero-order chi connectivity index (χ0) is 14.3. The zero-order valence-corrected chi connectivity index (χ0v) is 11.1. The summed E-state index contributed by atoms with van der Waals surface area (Å²) < 4.78 is 13.4. The summed E-state index contributed by atoms with van der Waals surface area (Å²) in [6, 6.07) is 6.18. The first-order chi connectivity index (χ1) is 9.56. The Balaban J connectivity index is 1.99. The fourth-order valence-electron chi connectivity index (χ4n) is 2.47. The number of carbonyl (C=O) groups is 1. The molecule has 102 valence electrons. The number of halogens is 1.